The predicted molar refractivity (Wildman–Crippen MR) is 200 cm³/mol. The van der Waals surface area contributed by atoms with Gasteiger partial charge in [0.2, 0.25) is 11.7 Å². The molecule has 0 aromatic heterocycles. The largest absolute Gasteiger partial charge is 0.458 e. The lowest BCUT2D eigenvalue weighted by Crippen LogP contribution is -2.67. The Morgan fingerprint density at radius 3 is 1.96 bits per heavy atom. The van der Waals surface area contributed by atoms with Crippen LogP contribution < -0.4 is 0 Å². The van der Waals surface area contributed by atoms with Crippen LogP contribution in [0.4, 0.5) is 0 Å². The normalized spacial score (nSPS) is 22.9. The van der Waals surface area contributed by atoms with Crippen LogP contribution in [0.5, 0.6) is 0 Å². The number of esters is 2. The Bertz CT molecular complexity index is 1480. The number of rotatable bonds is 12. The first-order valence-corrected chi connectivity index (χ1v) is 21.1. The average Bonchev–Trinajstić information content (AvgIpc) is 3.63. The maximum Gasteiger partial charge on any atom is 0.345 e. The fourth-order valence-electron chi connectivity index (χ4n) is 6.12. The number of hydrogen-bond donors (Lipinski definition) is 1. The lowest BCUT2D eigenvalue weighted by atomic mass is 9.84. The average molecular weight is 725 g/mol. The Labute approximate surface area is 306 Å². The minimum absolute atomic E-state index is 0.0760. The molecule has 1 saturated carbocycles. The molecule has 0 unspecified atom stereocenters. The van der Waals surface area contributed by atoms with Crippen molar-refractivity contribution in [2.75, 3.05) is 0 Å². The predicted octanol–water partition coefficient (Wildman–Crippen LogP) is 8.14. The number of ether oxygens (including phenoxy) is 5. The molecule has 51 heavy (non-hydrogen) atoms. The topological polar surface area (TPSA) is 110 Å². The fraction of sp³-hybridized carbons (Fsp3) is 0.610. The molecule has 1 saturated heterocycles. The third kappa shape index (κ3) is 10.2. The Morgan fingerprint density at radius 2 is 1.43 bits per heavy atom. The van der Waals surface area contributed by atoms with Gasteiger partial charge in [-0.25, -0.2) is 9.59 Å². The first kappa shape index (κ1) is 40.9. The number of aliphatic hydroxyl groups is 1. The molecule has 5 atom stereocenters. The van der Waals surface area contributed by atoms with Gasteiger partial charge in [0.1, 0.15) is 23.4 Å². The number of benzene rings is 2. The maximum atomic E-state index is 14.8. The standard InChI is InChI=1S/C41H60O9Si/c1-37(2,3)47-35(43)34-41(36(44)48-38(4,5)6,50-40(46-34)26-18-19-27-40)33(42)32(45-28-30-22-16-13-17-23-30)31(49-51(10,11)39(7,8)9)25-24-29-20-14-12-15-21-29/h12-17,20-25,31-34,42H,18-19,26-28H2,1-11H3/b25-24+/t31-,32+,33-,34+,41+/m0/s1. The molecule has 4 rings (SSSR count). The smallest absolute Gasteiger partial charge is 0.345 e. The zero-order chi connectivity index (χ0) is 37.9. The van der Waals surface area contributed by atoms with Crippen LogP contribution in [0.2, 0.25) is 18.1 Å². The van der Waals surface area contributed by atoms with Crippen molar-refractivity contribution in [3.8, 4) is 0 Å². The van der Waals surface area contributed by atoms with Crippen LogP contribution in [0.15, 0.2) is 66.7 Å². The van der Waals surface area contributed by atoms with Crippen LogP contribution in [-0.2, 0) is 44.3 Å². The molecule has 1 spiro atoms. The van der Waals surface area contributed by atoms with Crippen LogP contribution in [0.25, 0.3) is 6.08 Å². The van der Waals surface area contributed by atoms with E-state index in [1.807, 2.05) is 72.8 Å². The zero-order valence-electron chi connectivity index (χ0n) is 32.5. The van der Waals surface area contributed by atoms with Gasteiger partial charge in [-0.1, -0.05) is 93.6 Å². The van der Waals surface area contributed by atoms with E-state index in [9.17, 15) is 14.7 Å². The van der Waals surface area contributed by atoms with Gasteiger partial charge in [0.15, 0.2) is 14.1 Å². The van der Waals surface area contributed by atoms with Crippen LogP contribution in [-0.4, -0.2) is 72.4 Å². The van der Waals surface area contributed by atoms with Crippen molar-refractivity contribution in [3.63, 3.8) is 0 Å². The summed E-state index contributed by atoms with van der Waals surface area (Å²) in [6, 6.07) is 19.3. The van der Waals surface area contributed by atoms with E-state index >= 15 is 0 Å². The van der Waals surface area contributed by atoms with Gasteiger partial charge >= 0.3 is 11.9 Å². The van der Waals surface area contributed by atoms with Crippen molar-refractivity contribution in [1.29, 1.82) is 0 Å². The van der Waals surface area contributed by atoms with Gasteiger partial charge in [0.25, 0.3) is 0 Å². The second-order valence-corrected chi connectivity index (χ2v) is 22.1. The van der Waals surface area contributed by atoms with Gasteiger partial charge in [-0.3, -0.25) is 0 Å². The molecule has 282 valence electrons. The highest BCUT2D eigenvalue weighted by Gasteiger charge is 2.71. The summed E-state index contributed by atoms with van der Waals surface area (Å²) in [7, 11) is -2.58. The Hall–Kier alpha value is -2.86. The van der Waals surface area contributed by atoms with Crippen molar-refractivity contribution in [2.24, 2.45) is 0 Å². The van der Waals surface area contributed by atoms with Crippen LogP contribution in [0, 0.1) is 0 Å². The van der Waals surface area contributed by atoms with Crippen LogP contribution >= 0.6 is 0 Å². The van der Waals surface area contributed by atoms with E-state index in [1.165, 1.54) is 0 Å². The minimum Gasteiger partial charge on any atom is -0.458 e. The van der Waals surface area contributed by atoms with Crippen molar-refractivity contribution in [1.82, 2.24) is 0 Å². The molecule has 1 N–H and O–H groups in total. The summed E-state index contributed by atoms with van der Waals surface area (Å²) >= 11 is 0. The van der Waals surface area contributed by atoms with Gasteiger partial charge in [0.05, 0.1) is 12.7 Å². The number of carbonyl (C=O) groups is 2. The molecule has 0 bridgehead atoms. The SMILES string of the molecule is CC(C)(C)OC(=O)[C@H]1OC2(CCCC2)O[C@]1(C(=O)OC(C)(C)C)[C@@H](O)[C@H](OCc1ccccc1)[C@H](/C=C/c1ccccc1)O[Si](C)(C)C(C)(C)C. The third-order valence-corrected chi connectivity index (χ3v) is 14.1. The summed E-state index contributed by atoms with van der Waals surface area (Å²) < 4.78 is 38.9. The fourth-order valence-corrected chi connectivity index (χ4v) is 7.37. The van der Waals surface area contributed by atoms with Crippen molar-refractivity contribution in [3.05, 3.63) is 77.9 Å². The molecule has 10 heteroatoms. The van der Waals surface area contributed by atoms with E-state index in [1.54, 1.807) is 41.5 Å². The van der Waals surface area contributed by atoms with E-state index in [-0.39, 0.29) is 11.6 Å². The third-order valence-electron chi connectivity index (χ3n) is 9.66. The molecular weight excluding hydrogens is 665 g/mol. The van der Waals surface area contributed by atoms with Gasteiger partial charge in [0, 0.05) is 12.8 Å². The molecule has 2 aromatic carbocycles. The molecule has 1 aliphatic heterocycles. The van der Waals surface area contributed by atoms with Crippen molar-refractivity contribution < 1.29 is 42.8 Å². The van der Waals surface area contributed by atoms with Gasteiger partial charge in [-0.05, 0) is 83.6 Å². The molecule has 2 aromatic rings. The molecule has 2 aliphatic rings. The van der Waals surface area contributed by atoms with E-state index < -0.39 is 67.3 Å². The van der Waals surface area contributed by atoms with Crippen molar-refractivity contribution in [2.45, 2.75) is 160 Å². The lowest BCUT2D eigenvalue weighted by Gasteiger charge is -2.44. The van der Waals surface area contributed by atoms with Crippen molar-refractivity contribution >= 4 is 26.3 Å². The van der Waals surface area contributed by atoms with Gasteiger partial charge < -0.3 is 33.2 Å². The molecular formula is C41H60O9Si. The molecule has 0 radical (unpaired) electrons. The van der Waals surface area contributed by atoms with Crippen LogP contribution in [0.3, 0.4) is 0 Å². The zero-order valence-corrected chi connectivity index (χ0v) is 33.5. The highest BCUT2D eigenvalue weighted by molar-refractivity contribution is 6.74. The Balaban J connectivity index is 1.95. The van der Waals surface area contributed by atoms with E-state index in [0.29, 0.717) is 12.8 Å². The number of hydrogen-bond acceptors (Lipinski definition) is 9. The lowest BCUT2D eigenvalue weighted by molar-refractivity contribution is -0.238. The van der Waals surface area contributed by atoms with Gasteiger partial charge in [-0.15, -0.1) is 0 Å². The summed E-state index contributed by atoms with van der Waals surface area (Å²) in [5.41, 5.74) is -2.53. The maximum absolute atomic E-state index is 14.8. The van der Waals surface area contributed by atoms with E-state index in [4.69, 9.17) is 28.1 Å². The highest BCUT2D eigenvalue weighted by Crippen LogP contribution is 2.50. The summed E-state index contributed by atoms with van der Waals surface area (Å²) in [6.07, 6.45) is 0.537. The second-order valence-electron chi connectivity index (χ2n) is 17.4. The number of carbonyl (C=O) groups excluding carboxylic acids is 2. The summed E-state index contributed by atoms with van der Waals surface area (Å²) in [6.45, 7) is 21.1. The second kappa shape index (κ2) is 15.6. The molecule has 1 heterocycles. The van der Waals surface area contributed by atoms with E-state index in [0.717, 1.165) is 24.0 Å². The Morgan fingerprint density at radius 1 is 0.882 bits per heavy atom. The molecule has 2 fully saturated rings. The molecule has 9 nitrogen and oxygen atoms in total. The van der Waals surface area contributed by atoms with Crippen LogP contribution in [0.1, 0.15) is 99.1 Å². The summed E-state index contributed by atoms with van der Waals surface area (Å²) in [4.78, 5) is 29.0. The quantitative estimate of drug-likeness (QED) is 0.171. The Kier molecular flexibility index (Phi) is 12.5. The highest BCUT2D eigenvalue weighted by atomic mass is 28.4. The summed E-state index contributed by atoms with van der Waals surface area (Å²) in [5.74, 6) is -3.08. The molecule has 0 amide bonds. The first-order valence-electron chi connectivity index (χ1n) is 18.2. The van der Waals surface area contributed by atoms with E-state index in [2.05, 4.69) is 33.9 Å². The van der Waals surface area contributed by atoms with Gasteiger partial charge in [-0.2, -0.15) is 0 Å². The first-order chi connectivity index (χ1) is 23.6. The molecule has 1 aliphatic carbocycles. The monoisotopic (exact) mass is 724 g/mol. The summed E-state index contributed by atoms with van der Waals surface area (Å²) in [5, 5.41) is 12.8. The minimum atomic E-state index is -2.58. The number of aliphatic hydroxyl groups excluding tert-OH is 1.